The summed E-state index contributed by atoms with van der Waals surface area (Å²) in [5.41, 5.74) is 15.4. The van der Waals surface area contributed by atoms with Crippen molar-refractivity contribution in [1.82, 2.24) is 34.1 Å². The fraction of sp³-hybridized carbons (Fsp3) is 0.593. The first-order chi connectivity index (χ1) is 16.2. The van der Waals surface area contributed by atoms with Gasteiger partial charge in [0.25, 0.3) is 0 Å². The molecule has 0 aliphatic rings. The maximum absolute atomic E-state index is 6.04. The second-order valence-corrected chi connectivity index (χ2v) is 13.5. The summed E-state index contributed by atoms with van der Waals surface area (Å²) in [5, 5.41) is 5.60. The second kappa shape index (κ2) is 8.71. The average Bonchev–Trinajstić information content (AvgIpc) is 3.28. The minimum Gasteiger partial charge on any atom is -0.383 e. The van der Waals surface area contributed by atoms with E-state index >= 15 is 0 Å². The van der Waals surface area contributed by atoms with Gasteiger partial charge in [0.05, 0.1) is 22.3 Å². The smallest absolute Gasteiger partial charge is 0.164 e. The highest BCUT2D eigenvalue weighted by Gasteiger charge is 2.30. The molecule has 0 aliphatic carbocycles. The van der Waals surface area contributed by atoms with E-state index in [9.17, 15) is 0 Å². The summed E-state index contributed by atoms with van der Waals surface area (Å²) in [6.45, 7) is 25.6. The van der Waals surface area contributed by atoms with Gasteiger partial charge in [-0.05, 0) is 20.8 Å². The normalized spacial score (nSPS) is 13.2. The first kappa shape index (κ1) is 27.4. The Morgan fingerprint density at radius 1 is 0.694 bits per heavy atom. The van der Waals surface area contributed by atoms with Crippen LogP contribution in [-0.4, -0.2) is 34.1 Å². The molecule has 4 N–H and O–H groups in total. The molecular formula is C27H43N9. The molecule has 0 bridgehead atoms. The van der Waals surface area contributed by atoms with Crippen LogP contribution in [0.3, 0.4) is 0 Å². The summed E-state index contributed by atoms with van der Waals surface area (Å²) in [7, 11) is 0. The van der Waals surface area contributed by atoms with Gasteiger partial charge in [0.1, 0.15) is 29.3 Å². The van der Waals surface area contributed by atoms with Gasteiger partial charge in [-0.2, -0.15) is 5.10 Å². The number of nitrogens with two attached hydrogens (primary N) is 2. The number of nitrogen functional groups attached to an aromatic ring is 2. The standard InChI is InChI=1S/C14H22N4.C13H21N5/c1-13(2,3)10-9-11(15)16-7-8-18(9)12(17-10)14(4,5)6;1-12(2,3)9-8-10(14)15-7-16-11(8)18(17-9)13(4,5)6/h7-8H,1-6H3,(H2,15,16);7H,1-6H3,(H2,14,15,16). The Labute approximate surface area is 214 Å². The van der Waals surface area contributed by atoms with Crippen LogP contribution in [-0.2, 0) is 21.8 Å². The van der Waals surface area contributed by atoms with Crippen LogP contribution in [0.5, 0.6) is 0 Å². The highest BCUT2D eigenvalue weighted by atomic mass is 15.3. The van der Waals surface area contributed by atoms with E-state index in [0.717, 1.165) is 33.8 Å². The van der Waals surface area contributed by atoms with E-state index in [4.69, 9.17) is 21.5 Å². The van der Waals surface area contributed by atoms with Gasteiger partial charge in [-0.1, -0.05) is 62.3 Å². The molecule has 0 fully saturated rings. The number of nitrogens with zero attached hydrogens (tertiary/aromatic N) is 7. The Balaban J connectivity index is 0.000000201. The lowest BCUT2D eigenvalue weighted by Gasteiger charge is -2.20. The van der Waals surface area contributed by atoms with Crippen LogP contribution in [0, 0.1) is 0 Å². The molecule has 4 aromatic rings. The van der Waals surface area contributed by atoms with Gasteiger partial charge in [-0.25, -0.2) is 24.6 Å². The quantitative estimate of drug-likeness (QED) is 0.337. The maximum atomic E-state index is 6.04. The molecule has 0 atom stereocenters. The molecule has 4 aromatic heterocycles. The SMILES string of the molecule is CC(C)(C)c1nc(C(C)(C)C)n2ccnc(N)c12.CC(C)(C)c1nn(C(C)(C)C)c2ncnc(N)c12. The van der Waals surface area contributed by atoms with Crippen LogP contribution < -0.4 is 11.5 Å². The molecule has 4 rings (SSSR count). The topological polar surface area (TPSA) is 126 Å². The monoisotopic (exact) mass is 493 g/mol. The first-order valence-corrected chi connectivity index (χ1v) is 12.4. The summed E-state index contributed by atoms with van der Waals surface area (Å²) in [6.07, 6.45) is 5.16. The number of imidazole rings is 1. The molecule has 0 spiro atoms. The second-order valence-electron chi connectivity index (χ2n) is 13.5. The first-order valence-electron chi connectivity index (χ1n) is 12.4. The maximum Gasteiger partial charge on any atom is 0.164 e. The summed E-state index contributed by atoms with van der Waals surface area (Å²) in [4.78, 5) is 17.5. The molecule has 0 unspecified atom stereocenters. The number of hydrogen-bond donors (Lipinski definition) is 2. The van der Waals surface area contributed by atoms with Gasteiger partial charge >= 0.3 is 0 Å². The Kier molecular flexibility index (Phi) is 6.62. The van der Waals surface area contributed by atoms with Crippen LogP contribution in [0.1, 0.15) is 100 Å². The average molecular weight is 494 g/mol. The van der Waals surface area contributed by atoms with Crippen molar-refractivity contribution in [2.75, 3.05) is 11.5 Å². The van der Waals surface area contributed by atoms with Crippen molar-refractivity contribution in [2.45, 2.75) is 105 Å². The third kappa shape index (κ3) is 5.15. The molecule has 9 heteroatoms. The van der Waals surface area contributed by atoms with E-state index in [2.05, 4.69) is 102 Å². The number of hydrogen-bond acceptors (Lipinski definition) is 7. The molecule has 0 amide bonds. The van der Waals surface area contributed by atoms with Crippen LogP contribution in [0.2, 0.25) is 0 Å². The van der Waals surface area contributed by atoms with Crippen molar-refractivity contribution in [3.8, 4) is 0 Å². The van der Waals surface area contributed by atoms with Crippen molar-refractivity contribution in [2.24, 2.45) is 0 Å². The fourth-order valence-electron chi connectivity index (χ4n) is 4.08. The molecular weight excluding hydrogens is 450 g/mol. The zero-order valence-corrected chi connectivity index (χ0v) is 24.0. The molecule has 0 saturated carbocycles. The summed E-state index contributed by atoms with van der Waals surface area (Å²) < 4.78 is 4.00. The minimum absolute atomic E-state index is 0.0276. The molecule has 0 aromatic carbocycles. The molecule has 9 nitrogen and oxygen atoms in total. The number of aromatic nitrogens is 7. The third-order valence-electron chi connectivity index (χ3n) is 5.80. The van der Waals surface area contributed by atoms with Crippen molar-refractivity contribution in [3.63, 3.8) is 0 Å². The lowest BCUT2D eigenvalue weighted by Crippen LogP contribution is -2.24. The lowest BCUT2D eigenvalue weighted by atomic mass is 9.90. The van der Waals surface area contributed by atoms with Gasteiger partial charge in [0, 0.05) is 28.6 Å². The van der Waals surface area contributed by atoms with E-state index in [1.54, 1.807) is 6.20 Å². The lowest BCUT2D eigenvalue weighted by molar-refractivity contribution is 0.357. The minimum atomic E-state index is -0.136. The summed E-state index contributed by atoms with van der Waals surface area (Å²) >= 11 is 0. The van der Waals surface area contributed by atoms with Gasteiger partial charge in [0.2, 0.25) is 0 Å². The highest BCUT2D eigenvalue weighted by Crippen LogP contribution is 2.34. The van der Waals surface area contributed by atoms with Crippen LogP contribution in [0.25, 0.3) is 16.6 Å². The Morgan fingerprint density at radius 3 is 1.78 bits per heavy atom. The number of fused-ring (bicyclic) bond motifs is 2. The van der Waals surface area contributed by atoms with Crippen molar-refractivity contribution >= 4 is 28.2 Å². The fourth-order valence-corrected chi connectivity index (χ4v) is 4.08. The molecule has 196 valence electrons. The number of anilines is 2. The van der Waals surface area contributed by atoms with Gasteiger partial charge in [-0.15, -0.1) is 0 Å². The highest BCUT2D eigenvalue weighted by molar-refractivity contribution is 5.89. The molecule has 4 heterocycles. The Morgan fingerprint density at radius 2 is 1.28 bits per heavy atom. The predicted molar refractivity (Wildman–Crippen MR) is 148 cm³/mol. The molecule has 36 heavy (non-hydrogen) atoms. The predicted octanol–water partition coefficient (Wildman–Crippen LogP) is 5.37. The Bertz CT molecular complexity index is 1270. The van der Waals surface area contributed by atoms with E-state index < -0.39 is 0 Å². The van der Waals surface area contributed by atoms with E-state index in [1.807, 2.05) is 10.9 Å². The summed E-state index contributed by atoms with van der Waals surface area (Å²) in [5.74, 6) is 2.07. The van der Waals surface area contributed by atoms with E-state index in [-0.39, 0.29) is 21.8 Å². The molecule has 0 aliphatic heterocycles. The van der Waals surface area contributed by atoms with Crippen molar-refractivity contribution in [3.05, 3.63) is 35.9 Å². The zero-order valence-electron chi connectivity index (χ0n) is 24.0. The van der Waals surface area contributed by atoms with Gasteiger partial charge < -0.3 is 11.5 Å². The molecule has 0 saturated heterocycles. The summed E-state index contributed by atoms with van der Waals surface area (Å²) in [6, 6.07) is 0. The van der Waals surface area contributed by atoms with Gasteiger partial charge in [-0.3, -0.25) is 4.40 Å². The van der Waals surface area contributed by atoms with Crippen molar-refractivity contribution in [1.29, 1.82) is 0 Å². The van der Waals surface area contributed by atoms with Crippen LogP contribution in [0.15, 0.2) is 18.7 Å². The van der Waals surface area contributed by atoms with Crippen molar-refractivity contribution < 1.29 is 0 Å². The van der Waals surface area contributed by atoms with Gasteiger partial charge in [0.15, 0.2) is 5.65 Å². The largest absolute Gasteiger partial charge is 0.383 e. The molecule has 0 radical (unpaired) electrons. The Hall–Kier alpha value is -3.23. The van der Waals surface area contributed by atoms with Crippen LogP contribution in [0.4, 0.5) is 11.6 Å². The number of rotatable bonds is 0. The third-order valence-corrected chi connectivity index (χ3v) is 5.80. The van der Waals surface area contributed by atoms with E-state index in [1.165, 1.54) is 6.33 Å². The van der Waals surface area contributed by atoms with Crippen LogP contribution >= 0.6 is 0 Å². The van der Waals surface area contributed by atoms with E-state index in [0.29, 0.717) is 11.6 Å². The zero-order chi connectivity index (χ0) is 27.4.